The molecule has 150 valence electrons. The van der Waals surface area contributed by atoms with Gasteiger partial charge in [0.2, 0.25) is 15.9 Å². The Morgan fingerprint density at radius 3 is 2.26 bits per heavy atom. The highest BCUT2D eigenvalue weighted by molar-refractivity contribution is 7.89. The fourth-order valence-electron chi connectivity index (χ4n) is 3.95. The van der Waals surface area contributed by atoms with Gasteiger partial charge in [0.05, 0.1) is 16.9 Å². The van der Waals surface area contributed by atoms with E-state index in [4.69, 9.17) is 9.88 Å². The molecule has 0 saturated carbocycles. The van der Waals surface area contributed by atoms with Crippen molar-refractivity contribution in [2.24, 2.45) is 10.6 Å². The van der Waals surface area contributed by atoms with Gasteiger partial charge in [-0.25, -0.2) is 13.6 Å². The predicted octanol–water partition coefficient (Wildman–Crippen LogP) is -0.00120. The zero-order chi connectivity index (χ0) is 19.5. The molecule has 2 aliphatic heterocycles. The van der Waals surface area contributed by atoms with Crippen LogP contribution in [0.1, 0.15) is 12.8 Å². The molecule has 1 aromatic rings. The van der Waals surface area contributed by atoms with Crippen molar-refractivity contribution in [1.29, 1.82) is 0 Å². The first-order valence-corrected chi connectivity index (χ1v) is 10.8. The summed E-state index contributed by atoms with van der Waals surface area (Å²) in [6, 6.07) is 6.56. The third kappa shape index (κ3) is 4.43. The molecule has 1 amide bonds. The molecule has 2 aliphatic rings. The molecule has 0 aromatic heterocycles. The van der Waals surface area contributed by atoms with E-state index in [9.17, 15) is 13.2 Å². The van der Waals surface area contributed by atoms with E-state index in [1.165, 1.54) is 12.1 Å². The van der Waals surface area contributed by atoms with E-state index in [2.05, 4.69) is 10.2 Å². The second-order valence-electron chi connectivity index (χ2n) is 7.28. The van der Waals surface area contributed by atoms with Crippen LogP contribution in [-0.4, -0.2) is 72.2 Å². The summed E-state index contributed by atoms with van der Waals surface area (Å²) in [5, 5.41) is 8.46. The number of primary sulfonamides is 1. The van der Waals surface area contributed by atoms with Crippen LogP contribution in [0.2, 0.25) is 0 Å². The largest absolute Gasteiger partial charge is 0.384 e. The molecule has 9 heteroatoms. The standard InChI is InChI=1S/C18H28N4O4S/c1-26-14-18(6-8-20-9-7-18)17(23)22-12-10-21(11-13-22)15-2-4-16(5-3-15)27(19,24)25/h2-5,20H,6-14H2,1H3,(H2,19,24,25). The minimum atomic E-state index is -3.68. The summed E-state index contributed by atoms with van der Waals surface area (Å²) in [4.78, 5) is 17.4. The minimum Gasteiger partial charge on any atom is -0.384 e. The highest BCUT2D eigenvalue weighted by Crippen LogP contribution is 2.32. The van der Waals surface area contributed by atoms with Gasteiger partial charge in [-0.1, -0.05) is 0 Å². The third-order valence-corrected chi connectivity index (χ3v) is 6.46. The Morgan fingerprint density at radius 2 is 1.74 bits per heavy atom. The van der Waals surface area contributed by atoms with Gasteiger partial charge in [0, 0.05) is 39.0 Å². The third-order valence-electron chi connectivity index (χ3n) is 5.53. The number of methoxy groups -OCH3 is 1. The Balaban J connectivity index is 1.63. The lowest BCUT2D eigenvalue weighted by atomic mass is 9.78. The number of ether oxygens (including phenoxy) is 1. The molecule has 0 unspecified atom stereocenters. The summed E-state index contributed by atoms with van der Waals surface area (Å²) in [6.07, 6.45) is 1.60. The van der Waals surface area contributed by atoms with Crippen LogP contribution in [0.3, 0.4) is 0 Å². The SMILES string of the molecule is COCC1(C(=O)N2CCN(c3ccc(S(N)(=O)=O)cc3)CC2)CCNCC1. The van der Waals surface area contributed by atoms with E-state index in [0.717, 1.165) is 31.6 Å². The summed E-state index contributed by atoms with van der Waals surface area (Å²) in [5.74, 6) is 0.190. The number of piperidine rings is 1. The lowest BCUT2D eigenvalue weighted by molar-refractivity contribution is -0.147. The van der Waals surface area contributed by atoms with Gasteiger partial charge in [0.25, 0.3) is 0 Å². The van der Waals surface area contributed by atoms with E-state index < -0.39 is 15.4 Å². The number of piperazine rings is 1. The fourth-order valence-corrected chi connectivity index (χ4v) is 4.47. The number of hydrogen-bond acceptors (Lipinski definition) is 6. The number of amides is 1. The smallest absolute Gasteiger partial charge is 0.238 e. The molecule has 8 nitrogen and oxygen atoms in total. The molecule has 0 aliphatic carbocycles. The summed E-state index contributed by atoms with van der Waals surface area (Å²) in [5.41, 5.74) is 0.516. The number of hydrogen-bond donors (Lipinski definition) is 2. The first-order chi connectivity index (χ1) is 12.9. The fraction of sp³-hybridized carbons (Fsp3) is 0.611. The monoisotopic (exact) mass is 396 g/mol. The van der Waals surface area contributed by atoms with E-state index >= 15 is 0 Å². The zero-order valence-corrected chi connectivity index (χ0v) is 16.5. The predicted molar refractivity (Wildman–Crippen MR) is 103 cm³/mol. The van der Waals surface area contributed by atoms with E-state index in [-0.39, 0.29) is 10.8 Å². The van der Waals surface area contributed by atoms with E-state index in [1.54, 1.807) is 19.2 Å². The Morgan fingerprint density at radius 1 is 1.15 bits per heavy atom. The first-order valence-electron chi connectivity index (χ1n) is 9.23. The first kappa shape index (κ1) is 20.1. The molecule has 2 saturated heterocycles. The van der Waals surface area contributed by atoms with Gasteiger partial charge < -0.3 is 19.9 Å². The number of carbonyl (C=O) groups is 1. The van der Waals surface area contributed by atoms with Crippen molar-refractivity contribution in [2.45, 2.75) is 17.7 Å². The second kappa shape index (κ2) is 8.14. The van der Waals surface area contributed by atoms with Crippen LogP contribution in [0.5, 0.6) is 0 Å². The number of sulfonamides is 1. The average molecular weight is 397 g/mol. The summed E-state index contributed by atoms with van der Waals surface area (Å²) in [6.45, 7) is 4.85. The maximum atomic E-state index is 13.2. The van der Waals surface area contributed by atoms with Crippen molar-refractivity contribution in [3.63, 3.8) is 0 Å². The van der Waals surface area contributed by atoms with Gasteiger partial charge in [-0.2, -0.15) is 0 Å². The Bertz CT molecular complexity index is 747. The molecular weight excluding hydrogens is 368 g/mol. The number of carbonyl (C=O) groups excluding carboxylic acids is 1. The highest BCUT2D eigenvalue weighted by atomic mass is 32.2. The lowest BCUT2D eigenvalue weighted by Gasteiger charge is -2.43. The van der Waals surface area contributed by atoms with Crippen LogP contribution in [0.4, 0.5) is 5.69 Å². The van der Waals surface area contributed by atoms with Gasteiger partial charge in [0.1, 0.15) is 0 Å². The van der Waals surface area contributed by atoms with Crippen molar-refractivity contribution in [1.82, 2.24) is 10.2 Å². The van der Waals surface area contributed by atoms with Crippen LogP contribution in [-0.2, 0) is 19.6 Å². The van der Waals surface area contributed by atoms with Crippen molar-refractivity contribution in [2.75, 3.05) is 57.9 Å². The lowest BCUT2D eigenvalue weighted by Crippen LogP contribution is -2.56. The van der Waals surface area contributed by atoms with E-state index in [0.29, 0.717) is 32.8 Å². The van der Waals surface area contributed by atoms with Crippen molar-refractivity contribution >= 4 is 21.6 Å². The summed E-state index contributed by atoms with van der Waals surface area (Å²) in [7, 11) is -2.03. The maximum absolute atomic E-state index is 13.2. The molecule has 3 N–H and O–H groups in total. The van der Waals surface area contributed by atoms with Crippen molar-refractivity contribution in [3.05, 3.63) is 24.3 Å². The molecule has 3 rings (SSSR count). The summed E-state index contributed by atoms with van der Waals surface area (Å²) < 4.78 is 28.1. The molecule has 0 radical (unpaired) electrons. The van der Waals surface area contributed by atoms with Crippen molar-refractivity contribution in [3.8, 4) is 0 Å². The second-order valence-corrected chi connectivity index (χ2v) is 8.84. The van der Waals surface area contributed by atoms with E-state index in [1.807, 2.05) is 4.90 Å². The van der Waals surface area contributed by atoms with Gasteiger partial charge >= 0.3 is 0 Å². The van der Waals surface area contributed by atoms with Crippen LogP contribution in [0.15, 0.2) is 29.2 Å². The van der Waals surface area contributed by atoms with Crippen molar-refractivity contribution < 1.29 is 17.9 Å². The number of nitrogens with two attached hydrogens (primary N) is 1. The molecule has 0 spiro atoms. The molecule has 2 fully saturated rings. The normalized spacial score (nSPS) is 20.5. The maximum Gasteiger partial charge on any atom is 0.238 e. The summed E-state index contributed by atoms with van der Waals surface area (Å²) >= 11 is 0. The number of nitrogens with one attached hydrogen (secondary N) is 1. The molecule has 2 heterocycles. The minimum absolute atomic E-state index is 0.104. The van der Waals surface area contributed by atoms with Crippen LogP contribution in [0, 0.1) is 5.41 Å². The molecule has 27 heavy (non-hydrogen) atoms. The number of benzene rings is 1. The van der Waals surface area contributed by atoms with Gasteiger partial charge in [0.15, 0.2) is 0 Å². The number of nitrogens with zero attached hydrogens (tertiary/aromatic N) is 2. The number of anilines is 1. The Labute approximate surface area is 160 Å². The molecular formula is C18H28N4O4S. The topological polar surface area (TPSA) is 105 Å². The van der Waals surface area contributed by atoms with Crippen LogP contribution < -0.4 is 15.4 Å². The quantitative estimate of drug-likeness (QED) is 0.726. The zero-order valence-electron chi connectivity index (χ0n) is 15.7. The molecule has 1 aromatic carbocycles. The van der Waals surface area contributed by atoms with Crippen LogP contribution in [0.25, 0.3) is 0 Å². The van der Waals surface area contributed by atoms with Gasteiger partial charge in [-0.05, 0) is 50.2 Å². The molecule has 0 bridgehead atoms. The van der Waals surface area contributed by atoms with Gasteiger partial charge in [-0.15, -0.1) is 0 Å². The molecule has 0 atom stereocenters. The Kier molecular flexibility index (Phi) is 6.05. The van der Waals surface area contributed by atoms with Crippen LogP contribution >= 0.6 is 0 Å². The Hall–Kier alpha value is -1.68. The number of rotatable bonds is 5. The highest BCUT2D eigenvalue weighted by Gasteiger charge is 2.42. The van der Waals surface area contributed by atoms with Gasteiger partial charge in [-0.3, -0.25) is 4.79 Å². The average Bonchev–Trinajstić information content (AvgIpc) is 2.68.